The number of rotatable bonds is 6. The Labute approximate surface area is 114 Å². The van der Waals surface area contributed by atoms with Gasteiger partial charge in [0.1, 0.15) is 5.82 Å². The van der Waals surface area contributed by atoms with E-state index in [2.05, 4.69) is 0 Å². The minimum Gasteiger partial charge on any atom is -0.396 e. The highest BCUT2D eigenvalue weighted by Gasteiger charge is 2.28. The summed E-state index contributed by atoms with van der Waals surface area (Å²) in [7, 11) is -4.28. The molecule has 1 aromatic carbocycles. The number of nitrogens with two attached hydrogens (primary N) is 1. The summed E-state index contributed by atoms with van der Waals surface area (Å²) >= 11 is 0. The Morgan fingerprint density at radius 1 is 1.40 bits per heavy atom. The van der Waals surface area contributed by atoms with Crippen LogP contribution in [0.3, 0.4) is 0 Å². The highest BCUT2D eigenvalue weighted by Crippen LogP contribution is 2.25. The van der Waals surface area contributed by atoms with Gasteiger partial charge in [-0.2, -0.15) is 4.31 Å². The second-order valence-electron chi connectivity index (χ2n) is 4.12. The number of alkyl halides is 2. The van der Waals surface area contributed by atoms with Crippen LogP contribution in [0.5, 0.6) is 0 Å². The topological polar surface area (TPSA) is 83.6 Å². The fraction of sp³-hybridized carbons (Fsp3) is 0.455. The number of sulfonamides is 1. The second kappa shape index (κ2) is 6.42. The molecular weight excluding hydrogens is 297 g/mol. The Hall–Kier alpha value is -1.32. The van der Waals surface area contributed by atoms with Gasteiger partial charge in [0.25, 0.3) is 6.43 Å². The fourth-order valence-electron chi connectivity index (χ4n) is 1.66. The zero-order valence-electron chi connectivity index (χ0n) is 10.7. The number of aliphatic hydroxyl groups excluding tert-OH is 1. The summed E-state index contributed by atoms with van der Waals surface area (Å²) in [4.78, 5) is -0.356. The summed E-state index contributed by atoms with van der Waals surface area (Å²) in [6.45, 7) is -0.820. The third kappa shape index (κ3) is 3.62. The lowest BCUT2D eigenvalue weighted by molar-refractivity contribution is 0.113. The van der Waals surface area contributed by atoms with Crippen molar-refractivity contribution in [1.29, 1.82) is 0 Å². The first-order valence-electron chi connectivity index (χ1n) is 5.65. The number of benzene rings is 1. The van der Waals surface area contributed by atoms with E-state index in [1.807, 2.05) is 0 Å². The molecule has 9 heteroatoms. The van der Waals surface area contributed by atoms with Crippen molar-refractivity contribution in [1.82, 2.24) is 4.31 Å². The van der Waals surface area contributed by atoms with Gasteiger partial charge in [-0.15, -0.1) is 0 Å². The molecule has 0 saturated carbocycles. The predicted molar refractivity (Wildman–Crippen MR) is 67.4 cm³/mol. The molecule has 0 bridgehead atoms. The van der Waals surface area contributed by atoms with Gasteiger partial charge in [-0.05, 0) is 24.6 Å². The Kier molecular flexibility index (Phi) is 5.37. The first kappa shape index (κ1) is 16.7. The van der Waals surface area contributed by atoms with Gasteiger partial charge in [0, 0.05) is 6.54 Å². The van der Waals surface area contributed by atoms with Crippen LogP contribution in [0.2, 0.25) is 0 Å². The van der Waals surface area contributed by atoms with Gasteiger partial charge in [-0.3, -0.25) is 0 Å². The van der Waals surface area contributed by atoms with Crippen molar-refractivity contribution in [2.75, 3.05) is 25.4 Å². The van der Waals surface area contributed by atoms with Gasteiger partial charge in [-0.25, -0.2) is 21.6 Å². The summed E-state index contributed by atoms with van der Waals surface area (Å²) in [5.74, 6) is -0.788. The molecule has 0 aliphatic heterocycles. The maximum Gasteiger partial charge on any atom is 0.252 e. The van der Waals surface area contributed by atoms with E-state index in [0.717, 1.165) is 12.1 Å². The molecule has 1 rings (SSSR count). The molecule has 0 saturated heterocycles. The van der Waals surface area contributed by atoms with E-state index in [4.69, 9.17) is 10.8 Å². The van der Waals surface area contributed by atoms with Gasteiger partial charge in [0.05, 0.1) is 23.7 Å². The van der Waals surface area contributed by atoms with E-state index in [-0.39, 0.29) is 10.5 Å². The number of nitrogen functional groups attached to an aromatic ring is 1. The molecule has 1 aromatic rings. The fourth-order valence-corrected chi connectivity index (χ4v) is 3.31. The minimum absolute atomic E-state index is 0.0499. The number of nitrogens with zero attached hydrogens (tertiary/aromatic N) is 1. The summed E-state index contributed by atoms with van der Waals surface area (Å²) in [5, 5.41) is 8.79. The van der Waals surface area contributed by atoms with Gasteiger partial charge in [-0.1, -0.05) is 0 Å². The molecule has 0 spiro atoms. The standard InChI is InChI=1S/C11H15F3N2O3S/c1-7-4-8(12)9(15)5-10(7)20(18,19)16(2-3-17)6-11(13)14/h4-5,11,17H,2-3,6,15H2,1H3. The lowest BCUT2D eigenvalue weighted by Gasteiger charge is -2.22. The van der Waals surface area contributed by atoms with Crippen molar-refractivity contribution in [2.24, 2.45) is 0 Å². The summed E-state index contributed by atoms with van der Waals surface area (Å²) < 4.78 is 63.0. The van der Waals surface area contributed by atoms with Gasteiger partial charge >= 0.3 is 0 Å². The van der Waals surface area contributed by atoms with E-state index in [9.17, 15) is 21.6 Å². The molecule has 0 aromatic heterocycles. The molecule has 0 aliphatic rings. The zero-order valence-corrected chi connectivity index (χ0v) is 11.5. The van der Waals surface area contributed by atoms with Crippen molar-refractivity contribution >= 4 is 15.7 Å². The third-order valence-electron chi connectivity index (χ3n) is 2.60. The summed E-state index contributed by atoms with van der Waals surface area (Å²) in [6.07, 6.45) is -2.89. The largest absolute Gasteiger partial charge is 0.396 e. The van der Waals surface area contributed by atoms with Gasteiger partial charge < -0.3 is 10.8 Å². The number of aliphatic hydroxyl groups is 1. The SMILES string of the molecule is Cc1cc(F)c(N)cc1S(=O)(=O)N(CCO)CC(F)F. The third-order valence-corrected chi connectivity index (χ3v) is 4.61. The molecule has 0 fully saturated rings. The van der Waals surface area contributed by atoms with Crippen LogP contribution in [-0.4, -0.2) is 44.0 Å². The quantitative estimate of drug-likeness (QED) is 0.767. The van der Waals surface area contributed by atoms with Crippen LogP contribution in [0.1, 0.15) is 5.56 Å². The molecule has 3 N–H and O–H groups in total. The minimum atomic E-state index is -4.28. The van der Waals surface area contributed by atoms with E-state index < -0.39 is 47.6 Å². The highest BCUT2D eigenvalue weighted by atomic mass is 32.2. The van der Waals surface area contributed by atoms with Crippen LogP contribution in [0.25, 0.3) is 0 Å². The smallest absolute Gasteiger partial charge is 0.252 e. The van der Waals surface area contributed by atoms with Crippen LogP contribution in [-0.2, 0) is 10.0 Å². The monoisotopic (exact) mass is 312 g/mol. The average Bonchev–Trinajstić information content (AvgIpc) is 2.32. The van der Waals surface area contributed by atoms with Crippen molar-refractivity contribution in [3.8, 4) is 0 Å². The van der Waals surface area contributed by atoms with Crippen LogP contribution >= 0.6 is 0 Å². The zero-order chi connectivity index (χ0) is 15.5. The van der Waals surface area contributed by atoms with Crippen LogP contribution in [0, 0.1) is 12.7 Å². The molecule has 0 heterocycles. The van der Waals surface area contributed by atoms with E-state index >= 15 is 0 Å². The van der Waals surface area contributed by atoms with Crippen molar-refractivity contribution < 1.29 is 26.7 Å². The Morgan fingerprint density at radius 2 is 2.00 bits per heavy atom. The van der Waals surface area contributed by atoms with E-state index in [0.29, 0.717) is 4.31 Å². The number of aryl methyl sites for hydroxylation is 1. The molecule has 0 aliphatic carbocycles. The summed E-state index contributed by atoms with van der Waals surface area (Å²) in [5.41, 5.74) is 4.96. The van der Waals surface area contributed by atoms with E-state index in [1.54, 1.807) is 0 Å². The van der Waals surface area contributed by atoms with Crippen LogP contribution in [0.4, 0.5) is 18.9 Å². The highest BCUT2D eigenvalue weighted by molar-refractivity contribution is 7.89. The molecule has 0 atom stereocenters. The molecule has 0 radical (unpaired) electrons. The van der Waals surface area contributed by atoms with Crippen LogP contribution in [0.15, 0.2) is 17.0 Å². The first-order chi connectivity index (χ1) is 9.20. The van der Waals surface area contributed by atoms with E-state index in [1.165, 1.54) is 6.92 Å². The average molecular weight is 312 g/mol. The second-order valence-corrected chi connectivity index (χ2v) is 6.02. The Bertz CT molecular complexity index is 579. The molecule has 114 valence electrons. The molecule has 5 nitrogen and oxygen atoms in total. The maximum absolute atomic E-state index is 13.2. The van der Waals surface area contributed by atoms with Gasteiger partial charge in [0.2, 0.25) is 10.0 Å². The number of anilines is 1. The molecule has 0 unspecified atom stereocenters. The van der Waals surface area contributed by atoms with Gasteiger partial charge in [0.15, 0.2) is 0 Å². The number of hydrogen-bond acceptors (Lipinski definition) is 4. The predicted octanol–water partition coefficient (Wildman–Crippen LogP) is 0.964. The first-order valence-corrected chi connectivity index (χ1v) is 7.09. The van der Waals surface area contributed by atoms with Crippen molar-refractivity contribution in [3.05, 3.63) is 23.5 Å². The lowest BCUT2D eigenvalue weighted by Crippen LogP contribution is -2.37. The van der Waals surface area contributed by atoms with Crippen molar-refractivity contribution in [3.63, 3.8) is 0 Å². The Balaban J connectivity index is 3.29. The Morgan fingerprint density at radius 3 is 2.50 bits per heavy atom. The number of hydrogen-bond donors (Lipinski definition) is 2. The van der Waals surface area contributed by atoms with Crippen molar-refractivity contribution in [2.45, 2.75) is 18.2 Å². The lowest BCUT2D eigenvalue weighted by atomic mass is 10.2. The van der Waals surface area contributed by atoms with Crippen LogP contribution < -0.4 is 5.73 Å². The number of halogens is 3. The molecule has 20 heavy (non-hydrogen) atoms. The molecular formula is C11H15F3N2O3S. The normalized spacial score (nSPS) is 12.3. The molecule has 0 amide bonds. The summed E-state index contributed by atoms with van der Waals surface area (Å²) in [6, 6.07) is 1.80. The maximum atomic E-state index is 13.2.